The number of aryl methyl sites for hydroxylation is 1. The summed E-state index contributed by atoms with van der Waals surface area (Å²) in [5.74, 6) is -1.06. The van der Waals surface area contributed by atoms with E-state index in [0.29, 0.717) is 6.42 Å². The second kappa shape index (κ2) is 6.71. The van der Waals surface area contributed by atoms with Crippen molar-refractivity contribution >= 4 is 11.9 Å². The highest BCUT2D eigenvalue weighted by atomic mass is 16.6. The number of esters is 2. The van der Waals surface area contributed by atoms with Gasteiger partial charge >= 0.3 is 11.9 Å². The van der Waals surface area contributed by atoms with Gasteiger partial charge in [-0.15, -0.1) is 0 Å². The summed E-state index contributed by atoms with van der Waals surface area (Å²) < 4.78 is 10.4. The van der Waals surface area contributed by atoms with E-state index in [1.165, 1.54) is 7.11 Å². The van der Waals surface area contributed by atoms with Gasteiger partial charge in [0.1, 0.15) is 11.6 Å². The lowest BCUT2D eigenvalue weighted by atomic mass is 9.91. The normalized spacial score (nSPS) is 24.3. The third kappa shape index (κ3) is 4.10. The second-order valence-corrected chi connectivity index (χ2v) is 6.95. The first-order valence-corrected chi connectivity index (χ1v) is 7.85. The molecule has 126 valence electrons. The van der Waals surface area contributed by atoms with Crippen LogP contribution in [-0.4, -0.2) is 30.7 Å². The van der Waals surface area contributed by atoms with Crippen molar-refractivity contribution in [3.05, 3.63) is 35.4 Å². The van der Waals surface area contributed by atoms with Gasteiger partial charge < -0.3 is 9.47 Å². The van der Waals surface area contributed by atoms with Gasteiger partial charge in [-0.3, -0.25) is 14.9 Å². The van der Waals surface area contributed by atoms with Crippen molar-refractivity contribution in [2.45, 2.75) is 51.8 Å². The van der Waals surface area contributed by atoms with Crippen LogP contribution in [-0.2, 0) is 19.1 Å². The molecule has 5 nitrogen and oxygen atoms in total. The molecule has 3 atom stereocenters. The topological polar surface area (TPSA) is 64.6 Å². The molecule has 0 aliphatic carbocycles. The minimum Gasteiger partial charge on any atom is -0.468 e. The van der Waals surface area contributed by atoms with Crippen molar-refractivity contribution in [1.82, 2.24) is 5.32 Å². The van der Waals surface area contributed by atoms with Gasteiger partial charge in [0.15, 0.2) is 0 Å². The molecule has 0 amide bonds. The largest absolute Gasteiger partial charge is 0.468 e. The number of methoxy groups -OCH3 is 1. The molecule has 2 rings (SSSR count). The van der Waals surface area contributed by atoms with Crippen LogP contribution >= 0.6 is 0 Å². The van der Waals surface area contributed by atoms with E-state index >= 15 is 0 Å². The smallest absolute Gasteiger partial charge is 0.322 e. The average molecular weight is 319 g/mol. The lowest BCUT2D eigenvalue weighted by Crippen LogP contribution is -2.34. The summed E-state index contributed by atoms with van der Waals surface area (Å²) in [7, 11) is 1.35. The highest BCUT2D eigenvalue weighted by Gasteiger charge is 2.44. The fraction of sp³-hybridized carbons (Fsp3) is 0.556. The molecule has 1 saturated heterocycles. The van der Waals surface area contributed by atoms with Gasteiger partial charge in [0.2, 0.25) is 0 Å². The minimum absolute atomic E-state index is 0.254. The van der Waals surface area contributed by atoms with Crippen molar-refractivity contribution in [3.8, 4) is 0 Å². The molecule has 1 aliphatic heterocycles. The molecule has 1 heterocycles. The summed E-state index contributed by atoms with van der Waals surface area (Å²) in [5, 5.41) is 3.24. The Balaban J connectivity index is 2.30. The van der Waals surface area contributed by atoms with Crippen molar-refractivity contribution in [3.63, 3.8) is 0 Å². The third-order valence-corrected chi connectivity index (χ3v) is 3.99. The SMILES string of the molecule is COC(=O)[C@H]1CC(C(=O)OC(C)(C)C)[C@@H](c2ccccc2C)N1. The number of carbonyl (C=O) groups excluding carboxylic acids is 2. The summed E-state index contributed by atoms with van der Waals surface area (Å²) in [5.41, 5.74) is 1.52. The average Bonchev–Trinajstić information content (AvgIpc) is 2.90. The van der Waals surface area contributed by atoms with E-state index in [0.717, 1.165) is 11.1 Å². The predicted molar refractivity (Wildman–Crippen MR) is 86.8 cm³/mol. The van der Waals surface area contributed by atoms with Crippen LogP contribution in [0.25, 0.3) is 0 Å². The zero-order chi connectivity index (χ0) is 17.2. The summed E-state index contributed by atoms with van der Waals surface area (Å²) in [6.45, 7) is 7.52. The number of rotatable bonds is 3. The molecule has 1 N–H and O–H groups in total. The molecule has 1 aromatic rings. The Kier molecular flexibility index (Phi) is 5.09. The van der Waals surface area contributed by atoms with Crippen LogP contribution in [0.3, 0.4) is 0 Å². The number of hydrogen-bond acceptors (Lipinski definition) is 5. The predicted octanol–water partition coefficient (Wildman–Crippen LogP) is 2.53. The van der Waals surface area contributed by atoms with Gasteiger partial charge in [-0.25, -0.2) is 0 Å². The molecule has 1 aliphatic rings. The maximum Gasteiger partial charge on any atom is 0.322 e. The fourth-order valence-electron chi connectivity index (χ4n) is 2.95. The standard InChI is InChI=1S/C18H25NO4/c1-11-8-6-7-9-12(11)15-13(16(20)23-18(2,3)4)10-14(19-15)17(21)22-5/h6-9,13-15,19H,10H2,1-5H3/t13?,14-,15-/m1/s1. The van der Waals surface area contributed by atoms with Gasteiger partial charge in [0.25, 0.3) is 0 Å². The fourth-order valence-corrected chi connectivity index (χ4v) is 2.95. The van der Waals surface area contributed by atoms with E-state index in [4.69, 9.17) is 9.47 Å². The summed E-state index contributed by atoms with van der Waals surface area (Å²) in [6.07, 6.45) is 0.376. The van der Waals surface area contributed by atoms with Gasteiger partial charge in [-0.05, 0) is 45.2 Å². The molecule has 0 spiro atoms. The molecule has 1 aromatic carbocycles. The van der Waals surface area contributed by atoms with Crippen molar-refractivity contribution in [2.75, 3.05) is 7.11 Å². The molecule has 5 heteroatoms. The molecule has 0 aromatic heterocycles. The monoisotopic (exact) mass is 319 g/mol. The Morgan fingerprint density at radius 1 is 1.17 bits per heavy atom. The molecular weight excluding hydrogens is 294 g/mol. The van der Waals surface area contributed by atoms with Crippen LogP contribution < -0.4 is 5.32 Å². The Morgan fingerprint density at radius 3 is 2.39 bits per heavy atom. The number of benzene rings is 1. The zero-order valence-electron chi connectivity index (χ0n) is 14.4. The molecule has 0 saturated carbocycles. The Hall–Kier alpha value is -1.88. The number of nitrogens with one attached hydrogen (secondary N) is 1. The lowest BCUT2D eigenvalue weighted by Gasteiger charge is -2.25. The zero-order valence-corrected chi connectivity index (χ0v) is 14.4. The molecule has 0 radical (unpaired) electrons. The first-order chi connectivity index (χ1) is 10.7. The Morgan fingerprint density at radius 2 is 1.83 bits per heavy atom. The van der Waals surface area contributed by atoms with Gasteiger partial charge in [0.05, 0.1) is 13.0 Å². The number of hydrogen-bond donors (Lipinski definition) is 1. The molecule has 0 bridgehead atoms. The molecule has 23 heavy (non-hydrogen) atoms. The highest BCUT2D eigenvalue weighted by Crippen LogP contribution is 2.36. The molecular formula is C18H25NO4. The van der Waals surface area contributed by atoms with Crippen LogP contribution in [0.5, 0.6) is 0 Å². The Labute approximate surface area is 137 Å². The Bertz CT molecular complexity index is 591. The molecule has 1 fully saturated rings. The van der Waals surface area contributed by atoms with Gasteiger partial charge in [0, 0.05) is 6.04 Å². The van der Waals surface area contributed by atoms with Crippen molar-refractivity contribution < 1.29 is 19.1 Å². The van der Waals surface area contributed by atoms with E-state index in [9.17, 15) is 9.59 Å². The maximum absolute atomic E-state index is 12.6. The minimum atomic E-state index is -0.559. The van der Waals surface area contributed by atoms with E-state index < -0.39 is 17.6 Å². The van der Waals surface area contributed by atoms with E-state index in [2.05, 4.69) is 5.32 Å². The first kappa shape index (κ1) is 17.5. The van der Waals surface area contributed by atoms with Crippen LogP contribution in [0.4, 0.5) is 0 Å². The second-order valence-electron chi connectivity index (χ2n) is 6.95. The van der Waals surface area contributed by atoms with E-state index in [-0.39, 0.29) is 18.0 Å². The summed E-state index contributed by atoms with van der Waals surface area (Å²) in [4.78, 5) is 24.5. The number of carbonyl (C=O) groups is 2. The molecule has 1 unspecified atom stereocenters. The maximum atomic E-state index is 12.6. The highest BCUT2D eigenvalue weighted by molar-refractivity contribution is 5.80. The van der Waals surface area contributed by atoms with Gasteiger partial charge in [-0.2, -0.15) is 0 Å². The first-order valence-electron chi connectivity index (χ1n) is 7.85. The van der Waals surface area contributed by atoms with E-state index in [1.807, 2.05) is 52.0 Å². The van der Waals surface area contributed by atoms with Crippen molar-refractivity contribution in [2.24, 2.45) is 5.92 Å². The van der Waals surface area contributed by atoms with E-state index in [1.54, 1.807) is 0 Å². The quantitative estimate of drug-likeness (QED) is 0.867. The summed E-state index contributed by atoms with van der Waals surface area (Å²) in [6, 6.07) is 7.10. The summed E-state index contributed by atoms with van der Waals surface area (Å²) >= 11 is 0. The van der Waals surface area contributed by atoms with Crippen molar-refractivity contribution in [1.29, 1.82) is 0 Å². The number of ether oxygens (including phenoxy) is 2. The third-order valence-electron chi connectivity index (χ3n) is 3.99. The van der Waals surface area contributed by atoms with Gasteiger partial charge in [-0.1, -0.05) is 24.3 Å². The van der Waals surface area contributed by atoms with Crippen LogP contribution in [0.1, 0.15) is 44.4 Å². The lowest BCUT2D eigenvalue weighted by molar-refractivity contribution is -0.160. The van der Waals surface area contributed by atoms with Crippen LogP contribution in [0.2, 0.25) is 0 Å². The van der Waals surface area contributed by atoms with Crippen LogP contribution in [0, 0.1) is 12.8 Å². The van der Waals surface area contributed by atoms with Crippen LogP contribution in [0.15, 0.2) is 24.3 Å².